The van der Waals surface area contributed by atoms with Crippen LogP contribution < -0.4 is 0 Å². The topological polar surface area (TPSA) is 44.8 Å². The summed E-state index contributed by atoms with van der Waals surface area (Å²) in [4.78, 5) is 10.8. The third-order valence-electron chi connectivity index (χ3n) is 1.27. The summed E-state index contributed by atoms with van der Waals surface area (Å²) < 4.78 is 27.0. The van der Waals surface area contributed by atoms with Gasteiger partial charge >= 0.3 is 12.3 Å². The molecule has 0 aliphatic heterocycles. The molecular weight excluding hydrogens is 191 g/mol. The maximum atomic E-state index is 12.4. The molecule has 1 atom stereocenters. The van der Waals surface area contributed by atoms with Crippen LogP contribution in [0.25, 0.3) is 0 Å². The van der Waals surface area contributed by atoms with Gasteiger partial charge in [0.25, 0.3) is 0 Å². The molecule has 5 heteroatoms. The highest BCUT2D eigenvalue weighted by atomic mass is 19.1. The Morgan fingerprint density at radius 2 is 2.00 bits per heavy atom. The summed E-state index contributed by atoms with van der Waals surface area (Å²) in [6.07, 6.45) is -1.66. The van der Waals surface area contributed by atoms with Gasteiger partial charge in [0.2, 0.25) is 0 Å². The summed E-state index contributed by atoms with van der Waals surface area (Å²) >= 11 is 0. The van der Waals surface area contributed by atoms with Crippen LogP contribution in [0, 0.1) is 6.29 Å². The zero-order valence-electron chi connectivity index (χ0n) is 8.71. The lowest BCUT2D eigenvalue weighted by molar-refractivity contribution is -0.163. The Balaban J connectivity index is 3.88. The van der Waals surface area contributed by atoms with Crippen LogP contribution in [0.3, 0.4) is 0 Å². The average molecular weight is 207 g/mol. The van der Waals surface area contributed by atoms with Crippen molar-refractivity contribution in [2.45, 2.75) is 26.9 Å². The van der Waals surface area contributed by atoms with Crippen LogP contribution >= 0.6 is 0 Å². The van der Waals surface area contributed by atoms with Gasteiger partial charge in [-0.2, -0.15) is 0 Å². The fourth-order valence-corrected chi connectivity index (χ4v) is 0.640. The fraction of sp³-hybridized carbons (Fsp3) is 0.778. The van der Waals surface area contributed by atoms with Gasteiger partial charge in [0.05, 0.1) is 0 Å². The Morgan fingerprint density at radius 1 is 1.36 bits per heavy atom. The van der Waals surface area contributed by atoms with Crippen molar-refractivity contribution in [2.75, 3.05) is 19.8 Å². The molecule has 0 amide bonds. The molecule has 0 aromatic heterocycles. The molecule has 1 radical (unpaired) electrons. The van der Waals surface area contributed by atoms with Crippen LogP contribution in [0.2, 0.25) is 0 Å². The lowest BCUT2D eigenvalue weighted by Gasteiger charge is -2.15. The van der Waals surface area contributed by atoms with Crippen molar-refractivity contribution >= 4 is 5.97 Å². The van der Waals surface area contributed by atoms with Crippen LogP contribution in [-0.4, -0.2) is 32.0 Å². The molecule has 83 valence electrons. The van der Waals surface area contributed by atoms with Gasteiger partial charge < -0.3 is 14.2 Å². The lowest BCUT2D eigenvalue weighted by atomic mass is 10.4. The van der Waals surface area contributed by atoms with Crippen molar-refractivity contribution in [3.63, 3.8) is 0 Å². The molecule has 0 aromatic carbocycles. The second-order valence-corrected chi connectivity index (χ2v) is 2.48. The minimum absolute atomic E-state index is 0.00356. The minimum atomic E-state index is -1.66. The molecule has 0 rings (SSSR count). The number of halogens is 1. The zero-order valence-corrected chi connectivity index (χ0v) is 8.71. The summed E-state index contributed by atoms with van der Waals surface area (Å²) in [5.41, 5.74) is 0. The second-order valence-electron chi connectivity index (χ2n) is 2.48. The van der Waals surface area contributed by atoms with Crippen LogP contribution in [0.4, 0.5) is 4.39 Å². The van der Waals surface area contributed by atoms with Crippen molar-refractivity contribution in [3.8, 4) is 0 Å². The zero-order chi connectivity index (χ0) is 11.0. The van der Waals surface area contributed by atoms with E-state index in [4.69, 9.17) is 9.47 Å². The summed E-state index contributed by atoms with van der Waals surface area (Å²) in [5, 5.41) is 0. The van der Waals surface area contributed by atoms with Crippen molar-refractivity contribution in [1.29, 1.82) is 0 Å². The smallest absolute Gasteiger partial charge is 0.343 e. The summed E-state index contributed by atoms with van der Waals surface area (Å²) in [6, 6.07) is 0. The normalized spacial score (nSPS) is 12.9. The molecule has 4 nitrogen and oxygen atoms in total. The minimum Gasteiger partial charge on any atom is -0.421 e. The van der Waals surface area contributed by atoms with E-state index >= 15 is 0 Å². The predicted molar refractivity (Wildman–Crippen MR) is 48.0 cm³/mol. The molecule has 0 aromatic rings. The van der Waals surface area contributed by atoms with Crippen molar-refractivity contribution < 1.29 is 23.4 Å². The number of hydrogen-bond acceptors (Lipinski definition) is 4. The first-order chi connectivity index (χ1) is 6.61. The third-order valence-corrected chi connectivity index (χ3v) is 1.27. The molecule has 14 heavy (non-hydrogen) atoms. The van der Waals surface area contributed by atoms with Gasteiger partial charge in [-0.05, 0) is 20.8 Å². The van der Waals surface area contributed by atoms with E-state index < -0.39 is 12.1 Å². The van der Waals surface area contributed by atoms with Crippen molar-refractivity contribution in [3.05, 3.63) is 6.29 Å². The van der Waals surface area contributed by atoms with Crippen molar-refractivity contribution in [2.24, 2.45) is 0 Å². The number of alkyl halides is 1. The van der Waals surface area contributed by atoms with Gasteiger partial charge in [0, 0.05) is 13.2 Å². The Hall–Kier alpha value is -0.680. The molecule has 0 heterocycles. The van der Waals surface area contributed by atoms with Crippen LogP contribution in [0.5, 0.6) is 0 Å². The average Bonchev–Trinajstić information content (AvgIpc) is 2.14. The largest absolute Gasteiger partial charge is 0.421 e. The van der Waals surface area contributed by atoms with Gasteiger partial charge in [-0.1, -0.05) is 0 Å². The molecule has 0 spiro atoms. The molecule has 1 unspecified atom stereocenters. The summed E-state index contributed by atoms with van der Waals surface area (Å²) in [6.45, 7) is 5.49. The third kappa shape index (κ3) is 5.88. The summed E-state index contributed by atoms with van der Waals surface area (Å²) in [7, 11) is 0. The maximum Gasteiger partial charge on any atom is 0.343 e. The Morgan fingerprint density at radius 3 is 2.43 bits per heavy atom. The van der Waals surface area contributed by atoms with E-state index in [1.54, 1.807) is 13.8 Å². The highest BCUT2D eigenvalue weighted by Gasteiger charge is 2.21. The van der Waals surface area contributed by atoms with Crippen LogP contribution in [0.1, 0.15) is 20.8 Å². The highest BCUT2D eigenvalue weighted by molar-refractivity contribution is 5.74. The predicted octanol–water partition coefficient (Wildman–Crippen LogP) is 1.45. The van der Waals surface area contributed by atoms with E-state index in [0.29, 0.717) is 13.2 Å². The van der Waals surface area contributed by atoms with E-state index in [2.05, 4.69) is 4.74 Å². The lowest BCUT2D eigenvalue weighted by Crippen LogP contribution is -2.23. The van der Waals surface area contributed by atoms with E-state index in [0.717, 1.165) is 6.92 Å². The standard InChI is InChI=1S/C9H16FO4/c1-4-12-6-8(13-5-2)14-9(11)7(3)10/h7H,4-6H2,1-3H3. The van der Waals surface area contributed by atoms with Gasteiger partial charge in [0.15, 0.2) is 6.17 Å². The molecular formula is C9H16FO4. The van der Waals surface area contributed by atoms with E-state index in [1.165, 1.54) is 0 Å². The molecule has 0 aliphatic carbocycles. The van der Waals surface area contributed by atoms with Gasteiger partial charge in [0.1, 0.15) is 6.61 Å². The molecule has 0 fully saturated rings. The number of ether oxygens (including phenoxy) is 3. The number of hydrogen-bond donors (Lipinski definition) is 0. The fourth-order valence-electron chi connectivity index (χ4n) is 0.640. The Labute approximate surface area is 83.3 Å². The van der Waals surface area contributed by atoms with E-state index in [9.17, 15) is 9.18 Å². The maximum absolute atomic E-state index is 12.4. The first-order valence-electron chi connectivity index (χ1n) is 4.53. The second kappa shape index (κ2) is 7.70. The van der Waals surface area contributed by atoms with Gasteiger partial charge in [-0.3, -0.25) is 0 Å². The van der Waals surface area contributed by atoms with Gasteiger partial charge in [-0.15, -0.1) is 0 Å². The van der Waals surface area contributed by atoms with Crippen LogP contribution in [0.15, 0.2) is 0 Å². The van der Waals surface area contributed by atoms with E-state index in [-0.39, 0.29) is 12.9 Å². The Bertz CT molecular complexity index is 161. The quantitative estimate of drug-likeness (QED) is 0.593. The number of rotatable bonds is 7. The Kier molecular flexibility index (Phi) is 7.32. The molecule has 0 N–H and O–H groups in total. The highest BCUT2D eigenvalue weighted by Crippen LogP contribution is 2.08. The first kappa shape index (κ1) is 13.3. The van der Waals surface area contributed by atoms with Crippen LogP contribution in [-0.2, 0) is 19.0 Å². The number of esters is 1. The molecule has 0 bridgehead atoms. The number of carbonyl (C=O) groups excluding carboxylic acids is 1. The summed E-state index contributed by atoms with van der Waals surface area (Å²) in [5.74, 6) is -0.965. The van der Waals surface area contributed by atoms with Gasteiger partial charge in [-0.25, -0.2) is 9.18 Å². The van der Waals surface area contributed by atoms with E-state index in [1.807, 2.05) is 0 Å². The molecule has 0 saturated carbocycles. The first-order valence-corrected chi connectivity index (χ1v) is 4.53. The molecule has 0 aliphatic rings. The van der Waals surface area contributed by atoms with Crippen molar-refractivity contribution in [1.82, 2.24) is 0 Å². The monoisotopic (exact) mass is 207 g/mol. The molecule has 0 saturated heterocycles. The number of carbonyl (C=O) groups is 1. The SMILES string of the molecule is CCOC[C](OCC)OC(=O)C(C)F.